The molecule has 0 aliphatic rings. The molecule has 0 saturated carbocycles. The second kappa shape index (κ2) is 7.64. The molecular formula is C20H23FN4O. The Balaban J connectivity index is 1.88. The van der Waals surface area contributed by atoms with Crippen LogP contribution < -0.4 is 4.74 Å². The van der Waals surface area contributed by atoms with Gasteiger partial charge in [-0.1, -0.05) is 27.7 Å². The molecule has 3 aromatic rings. The molecule has 0 atom stereocenters. The molecule has 0 amide bonds. The summed E-state index contributed by atoms with van der Waals surface area (Å²) in [5.41, 5.74) is 2.14. The molecule has 3 rings (SSSR count). The van der Waals surface area contributed by atoms with E-state index in [9.17, 15) is 4.39 Å². The van der Waals surface area contributed by atoms with E-state index in [-0.39, 0.29) is 11.7 Å². The minimum absolute atomic E-state index is 0.152. The standard InChI is InChI=1S/C20H23FN4O/c1-13(2)12-26-17-8-6-16(7-9-17)23-24-20-19(14(3)4)22-18-10-5-15(21)11-25(18)20/h5-11,13-14H,12H2,1-4H3. The fourth-order valence-corrected chi connectivity index (χ4v) is 2.49. The zero-order chi connectivity index (χ0) is 18.7. The first-order valence-electron chi connectivity index (χ1n) is 8.76. The smallest absolute Gasteiger partial charge is 0.183 e. The predicted octanol–water partition coefficient (Wildman–Crippen LogP) is 6.05. The topological polar surface area (TPSA) is 51.2 Å². The van der Waals surface area contributed by atoms with Gasteiger partial charge in [-0.15, -0.1) is 10.2 Å². The van der Waals surface area contributed by atoms with E-state index in [1.165, 1.54) is 12.3 Å². The van der Waals surface area contributed by atoms with E-state index >= 15 is 0 Å². The summed E-state index contributed by atoms with van der Waals surface area (Å²) in [5, 5.41) is 8.64. The van der Waals surface area contributed by atoms with Crippen molar-refractivity contribution in [1.29, 1.82) is 0 Å². The van der Waals surface area contributed by atoms with Crippen molar-refractivity contribution in [1.82, 2.24) is 9.38 Å². The van der Waals surface area contributed by atoms with Crippen molar-refractivity contribution >= 4 is 17.2 Å². The first kappa shape index (κ1) is 18.0. The number of aromatic nitrogens is 2. The Labute approximate surface area is 152 Å². The van der Waals surface area contributed by atoms with Gasteiger partial charge in [0.1, 0.15) is 17.2 Å². The fraction of sp³-hybridized carbons (Fsp3) is 0.350. The van der Waals surface area contributed by atoms with E-state index in [1.54, 1.807) is 10.5 Å². The van der Waals surface area contributed by atoms with Crippen molar-refractivity contribution < 1.29 is 9.13 Å². The number of benzene rings is 1. The number of hydrogen-bond acceptors (Lipinski definition) is 4. The average molecular weight is 354 g/mol. The zero-order valence-electron chi connectivity index (χ0n) is 15.5. The molecule has 0 bridgehead atoms. The van der Waals surface area contributed by atoms with E-state index in [2.05, 4.69) is 29.1 Å². The van der Waals surface area contributed by atoms with Gasteiger partial charge >= 0.3 is 0 Å². The molecule has 0 spiro atoms. The molecule has 2 aromatic heterocycles. The van der Waals surface area contributed by atoms with Crippen molar-refractivity contribution in [2.24, 2.45) is 16.1 Å². The highest BCUT2D eigenvalue weighted by Gasteiger charge is 2.15. The Morgan fingerprint density at radius 2 is 1.77 bits per heavy atom. The highest BCUT2D eigenvalue weighted by atomic mass is 19.1. The third-order valence-electron chi connectivity index (χ3n) is 3.81. The van der Waals surface area contributed by atoms with Crippen LogP contribution in [0.2, 0.25) is 0 Å². The molecule has 0 unspecified atom stereocenters. The number of hydrogen-bond donors (Lipinski definition) is 0. The number of rotatable bonds is 6. The molecular weight excluding hydrogens is 331 g/mol. The van der Waals surface area contributed by atoms with Crippen molar-refractivity contribution in [2.45, 2.75) is 33.6 Å². The monoisotopic (exact) mass is 354 g/mol. The van der Waals surface area contributed by atoms with Crippen LogP contribution in [-0.4, -0.2) is 16.0 Å². The summed E-state index contributed by atoms with van der Waals surface area (Å²) < 4.78 is 20.9. The number of fused-ring (bicyclic) bond motifs is 1. The van der Waals surface area contributed by atoms with Crippen molar-refractivity contribution in [2.75, 3.05) is 6.61 Å². The van der Waals surface area contributed by atoms with Crippen LogP contribution in [0.15, 0.2) is 52.8 Å². The van der Waals surface area contributed by atoms with Gasteiger partial charge in [-0.25, -0.2) is 9.37 Å². The maximum atomic E-state index is 13.6. The third-order valence-corrected chi connectivity index (χ3v) is 3.81. The van der Waals surface area contributed by atoms with Crippen LogP contribution in [0.5, 0.6) is 5.75 Å². The van der Waals surface area contributed by atoms with Crippen LogP contribution in [0.25, 0.3) is 5.65 Å². The largest absolute Gasteiger partial charge is 0.493 e. The Morgan fingerprint density at radius 1 is 1.04 bits per heavy atom. The first-order valence-corrected chi connectivity index (χ1v) is 8.76. The molecule has 0 saturated heterocycles. The lowest BCUT2D eigenvalue weighted by atomic mass is 10.1. The highest BCUT2D eigenvalue weighted by molar-refractivity contribution is 5.53. The molecule has 0 radical (unpaired) electrons. The predicted molar refractivity (Wildman–Crippen MR) is 100 cm³/mol. The van der Waals surface area contributed by atoms with Crippen LogP contribution >= 0.6 is 0 Å². The first-order chi connectivity index (χ1) is 12.4. The van der Waals surface area contributed by atoms with Crippen molar-refractivity contribution in [3.8, 4) is 5.75 Å². The van der Waals surface area contributed by atoms with Gasteiger partial charge in [-0.05, 0) is 48.2 Å². The summed E-state index contributed by atoms with van der Waals surface area (Å²) in [5.74, 6) is 1.64. The van der Waals surface area contributed by atoms with Gasteiger partial charge in [0.25, 0.3) is 0 Å². The van der Waals surface area contributed by atoms with Crippen LogP contribution in [0.3, 0.4) is 0 Å². The molecule has 0 aliphatic carbocycles. The summed E-state index contributed by atoms with van der Waals surface area (Å²) in [6.07, 6.45) is 1.38. The van der Waals surface area contributed by atoms with Crippen LogP contribution in [0, 0.1) is 11.7 Å². The minimum atomic E-state index is -0.340. The molecule has 5 nitrogen and oxygen atoms in total. The number of ether oxygens (including phenoxy) is 1. The number of nitrogens with zero attached hydrogens (tertiary/aromatic N) is 4. The summed E-state index contributed by atoms with van der Waals surface area (Å²) in [4.78, 5) is 4.54. The summed E-state index contributed by atoms with van der Waals surface area (Å²) in [6, 6.07) is 10.5. The lowest BCUT2D eigenvalue weighted by Gasteiger charge is -2.08. The molecule has 26 heavy (non-hydrogen) atoms. The Kier molecular flexibility index (Phi) is 5.30. The Hall–Kier alpha value is -2.76. The van der Waals surface area contributed by atoms with E-state index in [4.69, 9.17) is 4.74 Å². The summed E-state index contributed by atoms with van der Waals surface area (Å²) >= 11 is 0. The van der Waals surface area contributed by atoms with Crippen molar-refractivity contribution in [3.05, 3.63) is 54.1 Å². The third kappa shape index (κ3) is 4.07. The van der Waals surface area contributed by atoms with Gasteiger partial charge < -0.3 is 4.74 Å². The minimum Gasteiger partial charge on any atom is -0.493 e. The number of azo groups is 1. The van der Waals surface area contributed by atoms with Crippen molar-refractivity contribution in [3.63, 3.8) is 0 Å². The number of halogens is 1. The van der Waals surface area contributed by atoms with E-state index in [1.807, 2.05) is 38.1 Å². The SMILES string of the molecule is CC(C)COc1ccc(N=Nc2c(C(C)C)nc3ccc(F)cn23)cc1. The lowest BCUT2D eigenvalue weighted by Crippen LogP contribution is -2.03. The van der Waals surface area contributed by atoms with Gasteiger partial charge in [0.05, 0.1) is 18.0 Å². The quantitative estimate of drug-likeness (QED) is 0.506. The Bertz CT molecular complexity index is 913. The normalized spacial score (nSPS) is 12.0. The zero-order valence-corrected chi connectivity index (χ0v) is 15.5. The van der Waals surface area contributed by atoms with Gasteiger partial charge in [0.2, 0.25) is 0 Å². The lowest BCUT2D eigenvalue weighted by molar-refractivity contribution is 0.271. The second-order valence-corrected chi connectivity index (χ2v) is 6.95. The van der Waals surface area contributed by atoms with Gasteiger partial charge in [0, 0.05) is 6.20 Å². The van der Waals surface area contributed by atoms with E-state index < -0.39 is 0 Å². The van der Waals surface area contributed by atoms with E-state index in [0.717, 1.165) is 11.4 Å². The van der Waals surface area contributed by atoms with Crippen LogP contribution in [0.1, 0.15) is 39.3 Å². The fourth-order valence-electron chi connectivity index (χ4n) is 2.49. The summed E-state index contributed by atoms with van der Waals surface area (Å²) in [6.45, 7) is 8.93. The molecule has 0 aliphatic heterocycles. The molecule has 0 N–H and O–H groups in total. The molecule has 2 heterocycles. The molecule has 6 heteroatoms. The second-order valence-electron chi connectivity index (χ2n) is 6.95. The molecule has 136 valence electrons. The summed E-state index contributed by atoms with van der Waals surface area (Å²) in [7, 11) is 0. The Morgan fingerprint density at radius 3 is 2.42 bits per heavy atom. The highest BCUT2D eigenvalue weighted by Crippen LogP contribution is 2.30. The number of pyridine rings is 1. The average Bonchev–Trinajstić information content (AvgIpc) is 2.97. The molecule has 0 fully saturated rings. The van der Waals surface area contributed by atoms with Gasteiger partial charge in [-0.2, -0.15) is 0 Å². The molecule has 1 aromatic carbocycles. The van der Waals surface area contributed by atoms with Crippen LogP contribution in [-0.2, 0) is 0 Å². The number of imidazole rings is 1. The maximum Gasteiger partial charge on any atom is 0.183 e. The van der Waals surface area contributed by atoms with E-state index in [0.29, 0.717) is 29.7 Å². The van der Waals surface area contributed by atoms with Gasteiger partial charge in [0.15, 0.2) is 5.82 Å². The van der Waals surface area contributed by atoms with Gasteiger partial charge in [-0.3, -0.25) is 4.40 Å². The maximum absolute atomic E-state index is 13.6. The van der Waals surface area contributed by atoms with Crippen LogP contribution in [0.4, 0.5) is 15.9 Å².